The predicted molar refractivity (Wildman–Crippen MR) is 58.4 cm³/mol. The highest BCUT2D eigenvalue weighted by Crippen LogP contribution is 2.22. The van der Waals surface area contributed by atoms with Gasteiger partial charge in [-0.2, -0.15) is 0 Å². The normalized spacial score (nSPS) is 10.4. The van der Waals surface area contributed by atoms with Gasteiger partial charge in [0.1, 0.15) is 12.1 Å². The van der Waals surface area contributed by atoms with Gasteiger partial charge in [0.2, 0.25) is 0 Å². The van der Waals surface area contributed by atoms with Crippen LogP contribution in [0.15, 0.2) is 6.33 Å². The van der Waals surface area contributed by atoms with Crippen LogP contribution in [0.5, 0.6) is 0 Å². The Hall–Kier alpha value is -0.390. The summed E-state index contributed by atoms with van der Waals surface area (Å²) in [6.07, 6.45) is 1.60. The highest BCUT2D eigenvalue weighted by atomic mass is 127. The van der Waals surface area contributed by atoms with Gasteiger partial charge in [0.05, 0.1) is 9.26 Å². The Labute approximate surface area is 86.1 Å². The molecule has 0 spiro atoms. The lowest BCUT2D eigenvalue weighted by Gasteiger charge is -2.09. The standard InChI is InChI=1S/C8H12IN3/c1-5(2)7-6(9)8(10-3)12-4-11-7/h4-5H,1-3H3,(H,10,11,12). The summed E-state index contributed by atoms with van der Waals surface area (Å²) in [6.45, 7) is 4.26. The summed E-state index contributed by atoms with van der Waals surface area (Å²) in [5.74, 6) is 1.36. The maximum atomic E-state index is 4.23. The third kappa shape index (κ3) is 1.85. The first-order valence-electron chi connectivity index (χ1n) is 3.85. The van der Waals surface area contributed by atoms with Gasteiger partial charge < -0.3 is 5.32 Å². The van der Waals surface area contributed by atoms with Crippen LogP contribution in [0.3, 0.4) is 0 Å². The molecule has 0 bridgehead atoms. The average molecular weight is 277 g/mol. The summed E-state index contributed by atoms with van der Waals surface area (Å²) < 4.78 is 1.12. The Morgan fingerprint density at radius 3 is 2.58 bits per heavy atom. The molecule has 1 heterocycles. The molecule has 0 fully saturated rings. The Balaban J connectivity index is 3.14. The maximum Gasteiger partial charge on any atom is 0.142 e. The van der Waals surface area contributed by atoms with Gasteiger partial charge in [0, 0.05) is 7.05 Å². The van der Waals surface area contributed by atoms with Crippen LogP contribution in [0, 0.1) is 3.57 Å². The second kappa shape index (κ2) is 4.02. The molecule has 0 atom stereocenters. The molecule has 0 aliphatic carbocycles. The van der Waals surface area contributed by atoms with E-state index >= 15 is 0 Å². The minimum Gasteiger partial charge on any atom is -0.372 e. The van der Waals surface area contributed by atoms with E-state index in [0.29, 0.717) is 5.92 Å². The molecule has 1 N–H and O–H groups in total. The molecule has 4 heteroatoms. The van der Waals surface area contributed by atoms with Gasteiger partial charge in [-0.15, -0.1) is 0 Å². The van der Waals surface area contributed by atoms with Gasteiger partial charge in [0.15, 0.2) is 0 Å². The van der Waals surface area contributed by atoms with E-state index in [1.807, 2.05) is 7.05 Å². The smallest absolute Gasteiger partial charge is 0.142 e. The molecule has 12 heavy (non-hydrogen) atoms. The van der Waals surface area contributed by atoms with Gasteiger partial charge in [-0.25, -0.2) is 9.97 Å². The molecule has 0 amide bonds. The van der Waals surface area contributed by atoms with Crippen molar-refractivity contribution in [2.24, 2.45) is 0 Å². The summed E-state index contributed by atoms with van der Waals surface area (Å²) >= 11 is 2.27. The number of hydrogen-bond donors (Lipinski definition) is 1. The quantitative estimate of drug-likeness (QED) is 0.842. The molecule has 0 radical (unpaired) electrons. The SMILES string of the molecule is CNc1ncnc(C(C)C)c1I. The van der Waals surface area contributed by atoms with E-state index in [-0.39, 0.29) is 0 Å². The van der Waals surface area contributed by atoms with E-state index in [9.17, 15) is 0 Å². The minimum absolute atomic E-state index is 0.451. The van der Waals surface area contributed by atoms with Crippen molar-refractivity contribution in [3.8, 4) is 0 Å². The first-order valence-corrected chi connectivity index (χ1v) is 4.92. The van der Waals surface area contributed by atoms with Gasteiger partial charge in [-0.1, -0.05) is 13.8 Å². The van der Waals surface area contributed by atoms with Crippen molar-refractivity contribution in [3.63, 3.8) is 0 Å². The lowest BCUT2D eigenvalue weighted by Crippen LogP contribution is -2.03. The van der Waals surface area contributed by atoms with Crippen molar-refractivity contribution >= 4 is 28.4 Å². The Morgan fingerprint density at radius 1 is 1.42 bits per heavy atom. The third-order valence-corrected chi connectivity index (χ3v) is 2.66. The zero-order valence-corrected chi connectivity index (χ0v) is 9.58. The monoisotopic (exact) mass is 277 g/mol. The third-order valence-electron chi connectivity index (χ3n) is 1.60. The molecule has 3 nitrogen and oxygen atoms in total. The number of aromatic nitrogens is 2. The minimum atomic E-state index is 0.451. The number of hydrogen-bond acceptors (Lipinski definition) is 3. The van der Waals surface area contributed by atoms with E-state index in [1.54, 1.807) is 6.33 Å². The van der Waals surface area contributed by atoms with Crippen molar-refractivity contribution in [1.29, 1.82) is 0 Å². The van der Waals surface area contributed by atoms with Crippen molar-refractivity contribution in [1.82, 2.24) is 9.97 Å². The molecule has 1 aromatic rings. The van der Waals surface area contributed by atoms with Crippen LogP contribution in [0.25, 0.3) is 0 Å². The largest absolute Gasteiger partial charge is 0.372 e. The first kappa shape index (κ1) is 9.70. The van der Waals surface area contributed by atoms with E-state index in [2.05, 4.69) is 51.7 Å². The highest BCUT2D eigenvalue weighted by molar-refractivity contribution is 14.1. The number of rotatable bonds is 2. The molecule has 0 aliphatic heterocycles. The second-order valence-corrected chi connectivity index (χ2v) is 3.90. The van der Waals surface area contributed by atoms with Gasteiger partial charge in [0.25, 0.3) is 0 Å². The van der Waals surface area contributed by atoms with E-state index in [1.165, 1.54) is 0 Å². The molecule has 1 aromatic heterocycles. The summed E-state index contributed by atoms with van der Waals surface area (Å²) in [5.41, 5.74) is 1.11. The first-order chi connectivity index (χ1) is 5.66. The molecule has 0 aromatic carbocycles. The van der Waals surface area contributed by atoms with Crippen molar-refractivity contribution < 1.29 is 0 Å². The molecule has 0 saturated heterocycles. The van der Waals surface area contributed by atoms with Gasteiger partial charge in [-0.3, -0.25) is 0 Å². The fourth-order valence-corrected chi connectivity index (χ4v) is 2.13. The lowest BCUT2D eigenvalue weighted by atomic mass is 10.1. The van der Waals surface area contributed by atoms with Gasteiger partial charge in [-0.05, 0) is 28.5 Å². The number of nitrogens with one attached hydrogen (secondary N) is 1. The Morgan fingerprint density at radius 2 is 2.08 bits per heavy atom. The summed E-state index contributed by atoms with van der Waals surface area (Å²) in [6, 6.07) is 0. The van der Waals surface area contributed by atoms with Crippen LogP contribution >= 0.6 is 22.6 Å². The number of halogens is 1. The number of nitrogens with zero attached hydrogens (tertiary/aromatic N) is 2. The van der Waals surface area contributed by atoms with Crippen molar-refractivity contribution in [3.05, 3.63) is 15.6 Å². The fourth-order valence-electron chi connectivity index (χ4n) is 0.960. The molecule has 0 unspecified atom stereocenters. The maximum absolute atomic E-state index is 4.23. The van der Waals surface area contributed by atoms with E-state index in [0.717, 1.165) is 15.1 Å². The topological polar surface area (TPSA) is 37.8 Å². The summed E-state index contributed by atoms with van der Waals surface area (Å²) in [7, 11) is 1.87. The molecule has 0 saturated carbocycles. The lowest BCUT2D eigenvalue weighted by molar-refractivity contribution is 0.806. The Bertz CT molecular complexity index is 273. The zero-order chi connectivity index (χ0) is 9.14. The molecule has 1 rings (SSSR count). The zero-order valence-electron chi connectivity index (χ0n) is 7.43. The van der Waals surface area contributed by atoms with Crippen molar-refractivity contribution in [2.75, 3.05) is 12.4 Å². The summed E-state index contributed by atoms with van der Waals surface area (Å²) in [4.78, 5) is 8.34. The molecular weight excluding hydrogens is 265 g/mol. The summed E-state index contributed by atoms with van der Waals surface area (Å²) in [5, 5.41) is 3.03. The number of anilines is 1. The van der Waals surface area contributed by atoms with Gasteiger partial charge >= 0.3 is 0 Å². The van der Waals surface area contributed by atoms with Crippen LogP contribution in [0.4, 0.5) is 5.82 Å². The fraction of sp³-hybridized carbons (Fsp3) is 0.500. The predicted octanol–water partition coefficient (Wildman–Crippen LogP) is 2.25. The molecule has 0 aliphatic rings. The van der Waals surface area contributed by atoms with Crippen LogP contribution in [0.2, 0.25) is 0 Å². The highest BCUT2D eigenvalue weighted by Gasteiger charge is 2.09. The van der Waals surface area contributed by atoms with Crippen molar-refractivity contribution in [2.45, 2.75) is 19.8 Å². The van der Waals surface area contributed by atoms with Crippen LogP contribution in [-0.4, -0.2) is 17.0 Å². The Kier molecular flexibility index (Phi) is 3.25. The molecule has 66 valence electrons. The van der Waals surface area contributed by atoms with E-state index < -0.39 is 0 Å². The second-order valence-electron chi connectivity index (χ2n) is 2.83. The van der Waals surface area contributed by atoms with Crippen LogP contribution in [0.1, 0.15) is 25.5 Å². The van der Waals surface area contributed by atoms with E-state index in [4.69, 9.17) is 0 Å². The van der Waals surface area contributed by atoms with Crippen LogP contribution < -0.4 is 5.32 Å². The molecular formula is C8H12IN3. The van der Waals surface area contributed by atoms with Crippen LogP contribution in [-0.2, 0) is 0 Å². The average Bonchev–Trinajstić information content (AvgIpc) is 2.04.